The van der Waals surface area contributed by atoms with E-state index in [9.17, 15) is 8.42 Å². The van der Waals surface area contributed by atoms with Gasteiger partial charge in [-0.25, -0.2) is 8.42 Å². The predicted octanol–water partition coefficient (Wildman–Crippen LogP) is 0.283. The molecule has 0 saturated carbocycles. The number of hydrogen-bond acceptors (Lipinski definition) is 5. The topological polar surface area (TPSA) is 70.4 Å². The van der Waals surface area contributed by atoms with E-state index in [2.05, 4.69) is 11.0 Å². The zero-order valence-corrected chi connectivity index (χ0v) is 10.8. The van der Waals surface area contributed by atoms with E-state index < -0.39 is 9.84 Å². The van der Waals surface area contributed by atoms with Crippen LogP contribution in [0.2, 0.25) is 0 Å². The van der Waals surface area contributed by atoms with Gasteiger partial charge in [0.25, 0.3) is 0 Å². The van der Waals surface area contributed by atoms with Crippen molar-refractivity contribution in [1.82, 2.24) is 4.90 Å². The highest BCUT2D eigenvalue weighted by Crippen LogP contribution is 1.96. The average molecular weight is 248 g/mol. The van der Waals surface area contributed by atoms with Crippen LogP contribution >= 0.6 is 0 Å². The van der Waals surface area contributed by atoms with Crippen LogP contribution in [-0.2, 0) is 14.6 Å². The van der Waals surface area contributed by atoms with Crippen LogP contribution in [-0.4, -0.2) is 58.7 Å². The third-order valence-corrected chi connectivity index (χ3v) is 3.17. The third-order valence-electron chi connectivity index (χ3n) is 2.14. The van der Waals surface area contributed by atoms with Crippen molar-refractivity contribution >= 4 is 9.84 Å². The summed E-state index contributed by atoms with van der Waals surface area (Å²) in [5.41, 5.74) is 0. The van der Waals surface area contributed by atoms with E-state index in [0.717, 1.165) is 6.54 Å². The molecule has 0 amide bonds. The Balaban J connectivity index is 3.86. The van der Waals surface area contributed by atoms with E-state index in [1.807, 2.05) is 0 Å². The zero-order valence-electron chi connectivity index (χ0n) is 9.98. The van der Waals surface area contributed by atoms with Crippen LogP contribution in [0.1, 0.15) is 12.8 Å². The monoisotopic (exact) mass is 248 g/mol. The molecular formula is C10H20N2O3S. The molecule has 0 aromatic carbocycles. The molecule has 0 unspecified atom stereocenters. The molecule has 5 nitrogen and oxygen atoms in total. The molecule has 0 aromatic rings. The maximum atomic E-state index is 10.9. The van der Waals surface area contributed by atoms with E-state index >= 15 is 0 Å². The lowest BCUT2D eigenvalue weighted by Crippen LogP contribution is -2.30. The summed E-state index contributed by atoms with van der Waals surface area (Å²) in [5, 5.41) is 8.49. The second-order valence-electron chi connectivity index (χ2n) is 3.73. The van der Waals surface area contributed by atoms with Gasteiger partial charge in [0.2, 0.25) is 0 Å². The lowest BCUT2D eigenvalue weighted by Gasteiger charge is -2.20. The summed E-state index contributed by atoms with van der Waals surface area (Å²) in [6, 6.07) is 2.08. The highest BCUT2D eigenvalue weighted by Gasteiger charge is 2.07. The van der Waals surface area contributed by atoms with Crippen molar-refractivity contribution in [2.75, 3.05) is 45.4 Å². The molecule has 0 radical (unpaired) electrons. The number of methoxy groups -OCH3 is 1. The maximum absolute atomic E-state index is 10.9. The van der Waals surface area contributed by atoms with Gasteiger partial charge < -0.3 is 4.74 Å². The number of rotatable bonds is 9. The Hall–Kier alpha value is -0.640. The van der Waals surface area contributed by atoms with E-state index in [4.69, 9.17) is 10.00 Å². The predicted molar refractivity (Wildman–Crippen MR) is 62.9 cm³/mol. The van der Waals surface area contributed by atoms with Crippen molar-refractivity contribution in [3.8, 4) is 6.07 Å². The number of nitrogens with zero attached hydrogens (tertiary/aromatic N) is 2. The summed E-state index contributed by atoms with van der Waals surface area (Å²) < 4.78 is 26.8. The maximum Gasteiger partial charge on any atom is 0.147 e. The Bertz CT molecular complexity index is 309. The van der Waals surface area contributed by atoms with Crippen LogP contribution in [0.15, 0.2) is 0 Å². The summed E-state index contributed by atoms with van der Waals surface area (Å²) in [6.07, 6.45) is 2.30. The summed E-state index contributed by atoms with van der Waals surface area (Å²) in [5.74, 6) is 0.197. The van der Waals surface area contributed by atoms with Crippen LogP contribution < -0.4 is 0 Å². The van der Waals surface area contributed by atoms with Crippen LogP contribution in [0.3, 0.4) is 0 Å². The largest absolute Gasteiger partial charge is 0.383 e. The molecule has 0 rings (SSSR count). The standard InChI is InChI=1S/C10H20N2O3S/c1-15-9-8-12(6-3-5-11)7-4-10-16(2,13)14/h3-4,6-10H2,1-2H3. The Morgan fingerprint density at radius 1 is 1.31 bits per heavy atom. The molecule has 0 aliphatic carbocycles. The second-order valence-corrected chi connectivity index (χ2v) is 5.99. The molecule has 0 aromatic heterocycles. The smallest absolute Gasteiger partial charge is 0.147 e. The summed E-state index contributed by atoms with van der Waals surface area (Å²) in [7, 11) is -1.26. The number of sulfone groups is 1. The van der Waals surface area contributed by atoms with Gasteiger partial charge >= 0.3 is 0 Å². The fourth-order valence-electron chi connectivity index (χ4n) is 1.31. The first-order chi connectivity index (χ1) is 7.49. The van der Waals surface area contributed by atoms with Gasteiger partial charge in [-0.15, -0.1) is 0 Å². The first-order valence-corrected chi connectivity index (χ1v) is 7.31. The lowest BCUT2D eigenvalue weighted by molar-refractivity contribution is 0.149. The molecule has 0 N–H and O–H groups in total. The van der Waals surface area contributed by atoms with Crippen molar-refractivity contribution in [1.29, 1.82) is 5.26 Å². The minimum atomic E-state index is -2.88. The van der Waals surface area contributed by atoms with Gasteiger partial charge in [-0.05, 0) is 13.0 Å². The second kappa shape index (κ2) is 8.50. The molecule has 0 aliphatic rings. The van der Waals surface area contributed by atoms with Crippen LogP contribution in [0, 0.1) is 11.3 Å². The van der Waals surface area contributed by atoms with Gasteiger partial charge in [0.1, 0.15) is 9.84 Å². The van der Waals surface area contributed by atoms with Crippen LogP contribution in [0.5, 0.6) is 0 Å². The quantitative estimate of drug-likeness (QED) is 0.586. The van der Waals surface area contributed by atoms with Gasteiger partial charge in [0, 0.05) is 32.9 Å². The van der Waals surface area contributed by atoms with Crippen molar-refractivity contribution in [3.05, 3.63) is 0 Å². The first kappa shape index (κ1) is 15.4. The fraction of sp³-hybridized carbons (Fsp3) is 0.900. The highest BCUT2D eigenvalue weighted by molar-refractivity contribution is 7.90. The highest BCUT2D eigenvalue weighted by atomic mass is 32.2. The summed E-state index contributed by atoms with van der Waals surface area (Å²) >= 11 is 0. The van der Waals surface area contributed by atoms with Gasteiger partial charge in [-0.3, -0.25) is 4.90 Å². The SMILES string of the molecule is COCCN(CCC#N)CCCS(C)(=O)=O. The number of ether oxygens (including phenoxy) is 1. The molecule has 0 saturated heterocycles. The molecule has 0 aliphatic heterocycles. The molecule has 94 valence electrons. The minimum absolute atomic E-state index is 0.197. The molecule has 6 heteroatoms. The van der Waals surface area contributed by atoms with Gasteiger partial charge in [-0.2, -0.15) is 5.26 Å². The molecule has 0 atom stereocenters. The van der Waals surface area contributed by atoms with Crippen molar-refractivity contribution in [2.45, 2.75) is 12.8 Å². The lowest BCUT2D eigenvalue weighted by atomic mass is 10.3. The average Bonchev–Trinajstić information content (AvgIpc) is 2.19. The van der Waals surface area contributed by atoms with Gasteiger partial charge in [-0.1, -0.05) is 0 Å². The first-order valence-electron chi connectivity index (χ1n) is 5.25. The Morgan fingerprint density at radius 3 is 2.50 bits per heavy atom. The third kappa shape index (κ3) is 9.90. The van der Waals surface area contributed by atoms with Crippen molar-refractivity contribution in [2.24, 2.45) is 0 Å². The molecule has 0 spiro atoms. The normalized spacial score (nSPS) is 11.6. The molecule has 0 heterocycles. The van der Waals surface area contributed by atoms with E-state index in [0.29, 0.717) is 32.5 Å². The fourth-order valence-corrected chi connectivity index (χ4v) is 1.97. The van der Waals surface area contributed by atoms with E-state index in [1.54, 1.807) is 7.11 Å². The Morgan fingerprint density at radius 2 is 2.00 bits per heavy atom. The van der Waals surface area contributed by atoms with E-state index in [-0.39, 0.29) is 5.75 Å². The summed E-state index contributed by atoms with van der Waals surface area (Å²) in [6.45, 7) is 2.70. The van der Waals surface area contributed by atoms with Crippen molar-refractivity contribution < 1.29 is 13.2 Å². The molecule has 0 bridgehead atoms. The number of hydrogen-bond donors (Lipinski definition) is 0. The van der Waals surface area contributed by atoms with Crippen LogP contribution in [0.25, 0.3) is 0 Å². The molecule has 0 fully saturated rings. The summed E-state index contributed by atoms with van der Waals surface area (Å²) in [4.78, 5) is 2.05. The van der Waals surface area contributed by atoms with Gasteiger partial charge in [0.15, 0.2) is 0 Å². The molecular weight excluding hydrogens is 228 g/mol. The van der Waals surface area contributed by atoms with Gasteiger partial charge in [0.05, 0.1) is 18.4 Å². The molecule has 16 heavy (non-hydrogen) atoms. The number of nitriles is 1. The Labute approximate surface area is 97.9 Å². The zero-order chi connectivity index (χ0) is 12.4. The Kier molecular flexibility index (Phi) is 8.16. The van der Waals surface area contributed by atoms with Crippen molar-refractivity contribution in [3.63, 3.8) is 0 Å². The van der Waals surface area contributed by atoms with E-state index in [1.165, 1.54) is 6.26 Å². The van der Waals surface area contributed by atoms with Crippen LogP contribution in [0.4, 0.5) is 0 Å². The minimum Gasteiger partial charge on any atom is -0.383 e.